The number of hydrogen-bond donors (Lipinski definition) is 2. The second-order valence-electron chi connectivity index (χ2n) is 3.52. The molecule has 1 aromatic carbocycles. The van der Waals surface area contributed by atoms with Gasteiger partial charge >= 0.3 is 12.1 Å². The van der Waals surface area contributed by atoms with Gasteiger partial charge in [-0.05, 0) is 18.2 Å². The van der Waals surface area contributed by atoms with E-state index in [0.29, 0.717) is 5.69 Å². The molecule has 2 N–H and O–H groups in total. The Kier molecular flexibility index (Phi) is 4.41. The molecule has 18 heavy (non-hydrogen) atoms. The highest BCUT2D eigenvalue weighted by Crippen LogP contribution is 2.23. The number of rotatable bonds is 4. The van der Waals surface area contributed by atoms with E-state index in [1.807, 2.05) is 0 Å². The van der Waals surface area contributed by atoms with Gasteiger partial charge in [-0.1, -0.05) is 0 Å². The summed E-state index contributed by atoms with van der Waals surface area (Å²) in [5.41, 5.74) is 0.201. The van der Waals surface area contributed by atoms with Crippen molar-refractivity contribution in [3.8, 4) is 5.75 Å². The molecule has 0 heterocycles. The van der Waals surface area contributed by atoms with Crippen molar-refractivity contribution in [3.05, 3.63) is 23.8 Å². The number of anilines is 1. The van der Waals surface area contributed by atoms with Crippen LogP contribution in [0.4, 0.5) is 18.9 Å². The summed E-state index contributed by atoms with van der Waals surface area (Å²) in [5.74, 6) is -1.05. The molecule has 0 aromatic heterocycles. The van der Waals surface area contributed by atoms with Gasteiger partial charge in [0.2, 0.25) is 0 Å². The number of alkyl halides is 3. The SMILES string of the molecule is COC(=O)c1cc(NCCC(F)(F)F)ccc1O. The fraction of sp³-hybridized carbons (Fsp3) is 0.364. The Labute approximate surface area is 101 Å². The molecular weight excluding hydrogens is 251 g/mol. The zero-order valence-electron chi connectivity index (χ0n) is 9.54. The molecule has 7 heteroatoms. The zero-order chi connectivity index (χ0) is 13.8. The smallest absolute Gasteiger partial charge is 0.390 e. The number of benzene rings is 1. The highest BCUT2D eigenvalue weighted by atomic mass is 19.4. The van der Waals surface area contributed by atoms with Crippen LogP contribution in [0.1, 0.15) is 16.8 Å². The number of esters is 1. The molecule has 100 valence electrons. The van der Waals surface area contributed by atoms with E-state index >= 15 is 0 Å². The summed E-state index contributed by atoms with van der Waals surface area (Å²) in [4.78, 5) is 11.2. The van der Waals surface area contributed by atoms with E-state index in [-0.39, 0.29) is 17.9 Å². The normalized spacial score (nSPS) is 11.1. The van der Waals surface area contributed by atoms with Gasteiger partial charge in [-0.3, -0.25) is 0 Å². The van der Waals surface area contributed by atoms with Gasteiger partial charge in [-0.25, -0.2) is 4.79 Å². The number of carbonyl (C=O) groups is 1. The number of halogens is 3. The standard InChI is InChI=1S/C11H12F3NO3/c1-18-10(17)8-6-7(2-3-9(8)16)15-5-4-11(12,13)14/h2-3,6,15-16H,4-5H2,1H3. The molecular formula is C11H12F3NO3. The van der Waals surface area contributed by atoms with Crippen LogP contribution >= 0.6 is 0 Å². The van der Waals surface area contributed by atoms with E-state index in [1.165, 1.54) is 18.2 Å². The van der Waals surface area contributed by atoms with E-state index in [9.17, 15) is 23.1 Å². The summed E-state index contributed by atoms with van der Waals surface area (Å²) >= 11 is 0. The third-order valence-electron chi connectivity index (χ3n) is 2.14. The highest BCUT2D eigenvalue weighted by molar-refractivity contribution is 5.93. The van der Waals surface area contributed by atoms with Gasteiger partial charge < -0.3 is 15.2 Å². The maximum absolute atomic E-state index is 11.9. The van der Waals surface area contributed by atoms with Gasteiger partial charge in [0.05, 0.1) is 13.5 Å². The molecule has 0 aliphatic rings. The van der Waals surface area contributed by atoms with Crippen LogP contribution in [0.2, 0.25) is 0 Å². The number of carbonyl (C=O) groups excluding carboxylic acids is 1. The maximum atomic E-state index is 11.9. The highest BCUT2D eigenvalue weighted by Gasteiger charge is 2.26. The average Bonchev–Trinajstić information content (AvgIpc) is 2.28. The lowest BCUT2D eigenvalue weighted by Crippen LogP contribution is -2.14. The zero-order valence-corrected chi connectivity index (χ0v) is 9.54. The first-order valence-electron chi connectivity index (χ1n) is 5.05. The lowest BCUT2D eigenvalue weighted by molar-refractivity contribution is -0.131. The van der Waals surface area contributed by atoms with Crippen LogP contribution in [0, 0.1) is 0 Å². The summed E-state index contributed by atoms with van der Waals surface area (Å²) in [5, 5.41) is 11.9. The van der Waals surface area contributed by atoms with Crippen molar-refractivity contribution in [2.75, 3.05) is 19.0 Å². The summed E-state index contributed by atoms with van der Waals surface area (Å²) in [6, 6.07) is 3.82. The summed E-state index contributed by atoms with van der Waals surface area (Å²) in [7, 11) is 1.14. The molecule has 0 fully saturated rings. The minimum atomic E-state index is -4.24. The molecule has 0 bridgehead atoms. The van der Waals surface area contributed by atoms with E-state index < -0.39 is 18.6 Å². The quantitative estimate of drug-likeness (QED) is 0.647. The fourth-order valence-electron chi connectivity index (χ4n) is 1.27. The molecule has 0 aliphatic heterocycles. The van der Waals surface area contributed by atoms with Crippen molar-refractivity contribution in [1.29, 1.82) is 0 Å². The van der Waals surface area contributed by atoms with Gasteiger partial charge in [0.15, 0.2) is 0 Å². The molecule has 4 nitrogen and oxygen atoms in total. The van der Waals surface area contributed by atoms with Crippen molar-refractivity contribution in [2.45, 2.75) is 12.6 Å². The van der Waals surface area contributed by atoms with Crippen LogP contribution in [-0.2, 0) is 4.74 Å². The second-order valence-corrected chi connectivity index (χ2v) is 3.52. The van der Waals surface area contributed by atoms with Crippen molar-refractivity contribution in [1.82, 2.24) is 0 Å². The summed E-state index contributed by atoms with van der Waals surface area (Å²) in [6.07, 6.45) is -5.23. The lowest BCUT2D eigenvalue weighted by atomic mass is 10.1. The monoisotopic (exact) mass is 263 g/mol. The maximum Gasteiger partial charge on any atom is 0.390 e. The van der Waals surface area contributed by atoms with E-state index in [2.05, 4.69) is 10.1 Å². The molecule has 0 aliphatic carbocycles. The minimum absolute atomic E-state index is 0.102. The molecule has 1 aromatic rings. The Hall–Kier alpha value is -1.92. The largest absolute Gasteiger partial charge is 0.507 e. The number of phenolic OH excluding ortho intramolecular Hbond substituents is 1. The topological polar surface area (TPSA) is 58.6 Å². The van der Waals surface area contributed by atoms with Crippen molar-refractivity contribution in [2.24, 2.45) is 0 Å². The van der Waals surface area contributed by atoms with Crippen molar-refractivity contribution in [3.63, 3.8) is 0 Å². The second kappa shape index (κ2) is 5.61. The first-order valence-corrected chi connectivity index (χ1v) is 5.05. The third kappa shape index (κ3) is 4.15. The van der Waals surface area contributed by atoms with E-state index in [0.717, 1.165) is 7.11 Å². The number of aromatic hydroxyl groups is 1. The Bertz CT molecular complexity index is 432. The molecule has 1 rings (SSSR count). The van der Waals surface area contributed by atoms with Crippen LogP contribution in [0.15, 0.2) is 18.2 Å². The molecule has 0 radical (unpaired) electrons. The average molecular weight is 263 g/mol. The molecule has 0 saturated heterocycles. The van der Waals surface area contributed by atoms with Gasteiger partial charge in [-0.2, -0.15) is 13.2 Å². The van der Waals surface area contributed by atoms with Crippen molar-refractivity contribution < 1.29 is 27.8 Å². The van der Waals surface area contributed by atoms with E-state index in [1.54, 1.807) is 0 Å². The summed E-state index contributed by atoms with van der Waals surface area (Å²) in [6.45, 7) is -0.311. The molecule has 0 unspecified atom stereocenters. The Morgan fingerprint density at radius 1 is 1.44 bits per heavy atom. The van der Waals surface area contributed by atoms with E-state index in [4.69, 9.17) is 0 Å². The predicted molar refractivity (Wildman–Crippen MR) is 58.6 cm³/mol. The van der Waals surface area contributed by atoms with Crippen LogP contribution < -0.4 is 5.32 Å². The summed E-state index contributed by atoms with van der Waals surface area (Å²) < 4.78 is 40.2. The Morgan fingerprint density at radius 2 is 2.11 bits per heavy atom. The van der Waals surface area contributed by atoms with Gasteiger partial charge in [0.1, 0.15) is 11.3 Å². The Morgan fingerprint density at radius 3 is 2.67 bits per heavy atom. The number of hydrogen-bond acceptors (Lipinski definition) is 4. The first kappa shape index (κ1) is 14.1. The number of phenols is 1. The minimum Gasteiger partial charge on any atom is -0.507 e. The number of ether oxygens (including phenoxy) is 1. The molecule has 0 atom stereocenters. The molecule has 0 saturated carbocycles. The predicted octanol–water partition coefficient (Wildman–Crippen LogP) is 2.54. The van der Waals surface area contributed by atoms with Crippen LogP contribution in [0.25, 0.3) is 0 Å². The van der Waals surface area contributed by atoms with Crippen LogP contribution in [0.3, 0.4) is 0 Å². The number of nitrogens with one attached hydrogen (secondary N) is 1. The van der Waals surface area contributed by atoms with Crippen molar-refractivity contribution >= 4 is 11.7 Å². The lowest BCUT2D eigenvalue weighted by Gasteiger charge is -2.10. The van der Waals surface area contributed by atoms with Crippen LogP contribution in [-0.4, -0.2) is 30.9 Å². The molecule has 0 amide bonds. The Balaban J connectivity index is 2.71. The van der Waals surface area contributed by atoms with Crippen LogP contribution in [0.5, 0.6) is 5.75 Å². The van der Waals surface area contributed by atoms with Gasteiger partial charge in [-0.15, -0.1) is 0 Å². The first-order chi connectivity index (χ1) is 8.33. The third-order valence-corrected chi connectivity index (χ3v) is 2.14. The fourth-order valence-corrected chi connectivity index (χ4v) is 1.27. The molecule has 0 spiro atoms. The van der Waals surface area contributed by atoms with Gasteiger partial charge in [0, 0.05) is 12.2 Å². The van der Waals surface area contributed by atoms with Gasteiger partial charge in [0.25, 0.3) is 0 Å². The number of methoxy groups -OCH3 is 1.